The van der Waals surface area contributed by atoms with Gasteiger partial charge < -0.3 is 0 Å². The average Bonchev–Trinajstić information content (AvgIpc) is 2.95. The number of hydrogen-bond donors (Lipinski definition) is 0. The van der Waals surface area contributed by atoms with Gasteiger partial charge >= 0.3 is 5.00 Å². The molecule has 0 aromatic carbocycles. The molecule has 5 nitrogen and oxygen atoms in total. The Morgan fingerprint density at radius 3 is 2.05 bits per heavy atom. The summed E-state index contributed by atoms with van der Waals surface area (Å²) in [5, 5.41) is 32.1. The van der Waals surface area contributed by atoms with Gasteiger partial charge in [-0.1, -0.05) is 11.3 Å². The highest BCUT2D eigenvalue weighted by Gasteiger charge is 2.17. The second-order valence-corrected chi connectivity index (χ2v) is 6.13. The van der Waals surface area contributed by atoms with Crippen LogP contribution < -0.4 is 0 Å². The van der Waals surface area contributed by atoms with Gasteiger partial charge in [-0.15, -0.1) is 11.3 Å². The lowest BCUT2D eigenvalue weighted by atomic mass is 10.4. The lowest BCUT2D eigenvalue weighted by Gasteiger charge is -1.83. The van der Waals surface area contributed by atoms with Crippen molar-refractivity contribution >= 4 is 59.5 Å². The first kappa shape index (κ1) is 15.8. The summed E-state index contributed by atoms with van der Waals surface area (Å²) in [6, 6.07) is 3.87. The van der Waals surface area contributed by atoms with Crippen LogP contribution in [-0.4, -0.2) is 4.92 Å². The fraction of sp³-hybridized carbons (Fsp3) is 0. The summed E-state index contributed by atoms with van der Waals surface area (Å²) in [5.74, 6) is 0. The van der Waals surface area contributed by atoms with Crippen LogP contribution in [0.5, 0.6) is 0 Å². The first-order chi connectivity index (χ1) is 9.01. The van der Waals surface area contributed by atoms with Gasteiger partial charge in [0.05, 0.1) is 16.1 Å². The number of thiophene rings is 2. The van der Waals surface area contributed by atoms with Crippen LogP contribution in [0, 0.1) is 32.8 Å². The van der Waals surface area contributed by atoms with Gasteiger partial charge in [0.15, 0.2) is 0 Å². The van der Waals surface area contributed by atoms with Crippen molar-refractivity contribution < 1.29 is 4.92 Å². The Morgan fingerprint density at radius 2 is 1.79 bits per heavy atom. The van der Waals surface area contributed by atoms with E-state index in [9.17, 15) is 10.1 Å². The molecule has 0 saturated carbocycles. The molecule has 2 heterocycles. The summed E-state index contributed by atoms with van der Waals surface area (Å²) in [6.07, 6.45) is 0. The van der Waals surface area contributed by atoms with Gasteiger partial charge in [0.25, 0.3) is 0 Å². The van der Waals surface area contributed by atoms with E-state index in [-0.39, 0.29) is 9.47 Å². The zero-order chi connectivity index (χ0) is 14.4. The van der Waals surface area contributed by atoms with Crippen molar-refractivity contribution in [3.05, 3.63) is 46.3 Å². The third-order valence-electron chi connectivity index (χ3n) is 1.73. The van der Waals surface area contributed by atoms with Crippen LogP contribution in [0.25, 0.3) is 0 Å². The Balaban J connectivity index is 0.000000200. The maximum atomic E-state index is 10.2. The van der Waals surface area contributed by atoms with Crippen LogP contribution in [0.1, 0.15) is 11.1 Å². The molecule has 0 saturated heterocycles. The molecule has 2 aromatic rings. The van der Waals surface area contributed by atoms with Gasteiger partial charge in [0.1, 0.15) is 16.6 Å². The van der Waals surface area contributed by atoms with E-state index >= 15 is 0 Å². The van der Waals surface area contributed by atoms with Crippen LogP contribution in [0.15, 0.2) is 25.1 Å². The topological polar surface area (TPSA) is 90.7 Å². The minimum absolute atomic E-state index is 0.0263. The van der Waals surface area contributed by atoms with Crippen molar-refractivity contribution in [2.75, 3.05) is 0 Å². The van der Waals surface area contributed by atoms with E-state index < -0.39 is 4.92 Å². The maximum absolute atomic E-state index is 10.2. The molecule has 0 atom stereocenters. The third-order valence-corrected chi connectivity index (χ3v) is 5.43. The van der Waals surface area contributed by atoms with E-state index in [0.717, 1.165) is 21.4 Å². The normalized spacial score (nSPS) is 8.84. The molecule has 0 amide bonds. The fourth-order valence-electron chi connectivity index (χ4n) is 0.893. The van der Waals surface area contributed by atoms with E-state index in [2.05, 4.69) is 31.9 Å². The summed E-state index contributed by atoms with van der Waals surface area (Å²) in [7, 11) is 0. The van der Waals surface area contributed by atoms with E-state index in [1.165, 1.54) is 16.7 Å². The lowest BCUT2D eigenvalue weighted by molar-refractivity contribution is -0.381. The van der Waals surface area contributed by atoms with Crippen molar-refractivity contribution in [3.8, 4) is 12.1 Å². The molecule has 0 radical (unpaired) electrons. The molecule has 0 N–H and O–H groups in total. The maximum Gasteiger partial charge on any atom is 0.339 e. The van der Waals surface area contributed by atoms with Crippen LogP contribution in [0.3, 0.4) is 0 Å². The lowest BCUT2D eigenvalue weighted by Crippen LogP contribution is -1.83. The largest absolute Gasteiger partial charge is 0.339 e. The summed E-state index contributed by atoms with van der Waals surface area (Å²) < 4.78 is 1.17. The van der Waals surface area contributed by atoms with Gasteiger partial charge in [-0.05, 0) is 31.9 Å². The summed E-state index contributed by atoms with van der Waals surface area (Å²) in [5.41, 5.74) is 1.02. The second-order valence-electron chi connectivity index (χ2n) is 2.88. The predicted molar refractivity (Wildman–Crippen MR) is 80.1 cm³/mol. The van der Waals surface area contributed by atoms with Gasteiger partial charge in [-0.25, -0.2) is 0 Å². The quantitative estimate of drug-likeness (QED) is 0.494. The van der Waals surface area contributed by atoms with Crippen LogP contribution in [-0.2, 0) is 0 Å². The van der Waals surface area contributed by atoms with Crippen molar-refractivity contribution in [2.24, 2.45) is 0 Å². The SMILES string of the molecule is N#Cc1csc([N+](=O)[O-])c1Br.N#Cc1cscc1Br. The number of nitro groups is 1. The minimum Gasteiger partial charge on any atom is -0.258 e. The monoisotopic (exact) mass is 419 g/mol. The highest BCUT2D eigenvalue weighted by Crippen LogP contribution is 2.34. The van der Waals surface area contributed by atoms with Crippen molar-refractivity contribution in [3.63, 3.8) is 0 Å². The molecule has 0 aliphatic rings. The molecule has 0 aliphatic heterocycles. The van der Waals surface area contributed by atoms with Gasteiger partial charge in [0, 0.05) is 20.6 Å². The molecule has 2 aromatic heterocycles. The molecule has 0 spiro atoms. The standard InChI is InChI=1S/C5HBrN2O2S.C5H2BrNS/c6-4-3(1-7)2-11-5(4)8(9)10;6-5-3-8-2-4(5)1-7/h2H;2-3H. The Morgan fingerprint density at radius 1 is 1.16 bits per heavy atom. The Kier molecular flexibility index (Phi) is 6.12. The second kappa shape index (κ2) is 7.36. The fourth-order valence-corrected chi connectivity index (χ4v) is 3.68. The summed E-state index contributed by atoms with van der Waals surface area (Å²) in [4.78, 5) is 9.71. The van der Waals surface area contributed by atoms with Crippen molar-refractivity contribution in [2.45, 2.75) is 0 Å². The predicted octanol–water partition coefficient (Wildman–Crippen LogP) is 4.67. The van der Waals surface area contributed by atoms with E-state index in [4.69, 9.17) is 10.5 Å². The molecule has 19 heavy (non-hydrogen) atoms. The molecule has 0 unspecified atom stereocenters. The third kappa shape index (κ3) is 4.11. The number of rotatable bonds is 1. The van der Waals surface area contributed by atoms with Crippen LogP contribution in [0.2, 0.25) is 0 Å². The molecule has 96 valence electrons. The van der Waals surface area contributed by atoms with Gasteiger partial charge in [-0.3, -0.25) is 10.1 Å². The molecule has 0 bridgehead atoms. The number of nitrogens with zero attached hydrogens (tertiary/aromatic N) is 3. The Hall–Kier alpha value is -1.26. The summed E-state index contributed by atoms with van der Waals surface area (Å²) >= 11 is 8.63. The molecular weight excluding hydrogens is 418 g/mol. The minimum atomic E-state index is -0.518. The Bertz CT molecular complexity index is 682. The smallest absolute Gasteiger partial charge is 0.258 e. The van der Waals surface area contributed by atoms with E-state index in [1.54, 1.807) is 0 Å². The van der Waals surface area contributed by atoms with Crippen molar-refractivity contribution in [1.29, 1.82) is 10.5 Å². The van der Waals surface area contributed by atoms with E-state index in [1.807, 2.05) is 22.9 Å². The van der Waals surface area contributed by atoms with Crippen LogP contribution >= 0.6 is 54.5 Å². The van der Waals surface area contributed by atoms with Crippen LogP contribution in [0.4, 0.5) is 5.00 Å². The average molecular weight is 421 g/mol. The number of hydrogen-bond acceptors (Lipinski definition) is 6. The summed E-state index contributed by atoms with van der Waals surface area (Å²) in [6.45, 7) is 0. The number of nitriles is 2. The van der Waals surface area contributed by atoms with Gasteiger partial charge in [0.2, 0.25) is 0 Å². The highest BCUT2D eigenvalue weighted by atomic mass is 79.9. The molecule has 9 heteroatoms. The molecule has 0 fully saturated rings. The molecular formula is C10H3Br2N3O2S2. The van der Waals surface area contributed by atoms with Crippen molar-refractivity contribution in [1.82, 2.24) is 0 Å². The molecule has 0 aliphatic carbocycles. The van der Waals surface area contributed by atoms with E-state index in [0.29, 0.717) is 5.56 Å². The zero-order valence-corrected chi connectivity index (χ0v) is 13.8. The zero-order valence-electron chi connectivity index (χ0n) is 8.96. The molecule has 2 rings (SSSR count). The first-order valence-corrected chi connectivity index (χ1v) is 7.85. The number of halogens is 2. The Labute approximate surface area is 133 Å². The highest BCUT2D eigenvalue weighted by molar-refractivity contribution is 9.11. The van der Waals surface area contributed by atoms with Gasteiger partial charge in [-0.2, -0.15) is 10.5 Å². The first-order valence-electron chi connectivity index (χ1n) is 4.44.